The minimum absolute atomic E-state index is 0.657. The summed E-state index contributed by atoms with van der Waals surface area (Å²) in [4.78, 5) is 9.69. The first-order chi connectivity index (χ1) is 6.25. The number of rotatable bonds is 1. The number of hydrogen-bond donors (Lipinski definition) is 0. The van der Waals surface area contributed by atoms with Gasteiger partial charge in [0, 0.05) is 17.6 Å². The zero-order valence-electron chi connectivity index (χ0n) is 7.03. The molecule has 0 radical (unpaired) electrons. The lowest BCUT2D eigenvalue weighted by atomic mass is 10.2. The highest BCUT2D eigenvalue weighted by atomic mass is 35.5. The molecule has 2 rings (SSSR count). The van der Waals surface area contributed by atoms with Crippen LogP contribution in [0, 0.1) is 0 Å². The van der Waals surface area contributed by atoms with Crippen LogP contribution in [0.4, 0.5) is 0 Å². The summed E-state index contributed by atoms with van der Waals surface area (Å²) in [6, 6.07) is 7.39. The summed E-state index contributed by atoms with van der Waals surface area (Å²) in [7, 11) is 1.75. The molecule has 0 fully saturated rings. The van der Waals surface area contributed by atoms with E-state index < -0.39 is 0 Å². The van der Waals surface area contributed by atoms with Gasteiger partial charge in [-0.05, 0) is 12.1 Å². The molecule has 0 bridgehead atoms. The summed E-state index contributed by atoms with van der Waals surface area (Å²) >= 11 is 5.82. The fourth-order valence-electron chi connectivity index (χ4n) is 1.07. The van der Waals surface area contributed by atoms with E-state index in [-0.39, 0.29) is 0 Å². The minimum Gasteiger partial charge on any atom is -0.312 e. The molecule has 0 saturated carbocycles. The Bertz CT molecular complexity index is 351. The second-order valence-corrected chi connectivity index (χ2v) is 3.14. The molecule has 1 heterocycles. The molecule has 1 aliphatic heterocycles. The van der Waals surface area contributed by atoms with Gasteiger partial charge >= 0.3 is 0 Å². The third-order valence-electron chi connectivity index (χ3n) is 1.65. The normalized spacial score (nSPS) is 15.5. The fraction of sp³-hybridized carbons (Fsp3) is 0.111. The lowest BCUT2D eigenvalue weighted by Gasteiger charge is -2.00. The van der Waals surface area contributed by atoms with E-state index in [0.29, 0.717) is 10.8 Å². The maximum atomic E-state index is 5.82. The van der Waals surface area contributed by atoms with Crippen molar-refractivity contribution in [2.45, 2.75) is 0 Å². The molecular formula is C9H8ClNO2. The maximum absolute atomic E-state index is 5.82. The van der Waals surface area contributed by atoms with Gasteiger partial charge in [0.2, 0.25) is 0 Å². The van der Waals surface area contributed by atoms with Crippen LogP contribution in [0.15, 0.2) is 30.5 Å². The van der Waals surface area contributed by atoms with Crippen LogP contribution < -0.4 is 0 Å². The summed E-state index contributed by atoms with van der Waals surface area (Å²) in [5.74, 6) is 0.657. The Morgan fingerprint density at radius 2 is 2.23 bits per heavy atom. The first kappa shape index (κ1) is 8.41. The molecule has 0 aliphatic carbocycles. The van der Waals surface area contributed by atoms with Gasteiger partial charge in [-0.25, -0.2) is 5.06 Å². The molecule has 4 heteroatoms. The van der Waals surface area contributed by atoms with Gasteiger partial charge in [0.25, 0.3) is 0 Å². The van der Waals surface area contributed by atoms with E-state index in [9.17, 15) is 0 Å². The second-order valence-electron chi connectivity index (χ2n) is 2.71. The quantitative estimate of drug-likeness (QED) is 0.646. The molecule has 0 N–H and O–H groups in total. The Hall–Kier alpha value is -1.19. The van der Waals surface area contributed by atoms with Gasteiger partial charge in [0.1, 0.15) is 0 Å². The van der Waals surface area contributed by atoms with E-state index in [4.69, 9.17) is 21.5 Å². The highest BCUT2D eigenvalue weighted by Crippen LogP contribution is 2.24. The van der Waals surface area contributed by atoms with Gasteiger partial charge in [-0.2, -0.15) is 0 Å². The lowest BCUT2D eigenvalue weighted by Crippen LogP contribution is -2.02. The lowest BCUT2D eigenvalue weighted by molar-refractivity contribution is -0.340. The van der Waals surface area contributed by atoms with E-state index in [1.165, 1.54) is 5.06 Å². The van der Waals surface area contributed by atoms with Crippen molar-refractivity contribution in [2.24, 2.45) is 0 Å². The third kappa shape index (κ3) is 1.76. The first-order valence-electron chi connectivity index (χ1n) is 3.81. The van der Waals surface area contributed by atoms with Gasteiger partial charge in [-0.1, -0.05) is 28.7 Å². The van der Waals surface area contributed by atoms with Gasteiger partial charge in [-0.3, -0.25) is 0 Å². The molecular weight excluding hydrogens is 190 g/mol. The van der Waals surface area contributed by atoms with Crippen LogP contribution in [-0.4, -0.2) is 12.1 Å². The Kier molecular flexibility index (Phi) is 2.12. The number of nitrogens with zero attached hydrogens (tertiary/aromatic N) is 1. The van der Waals surface area contributed by atoms with Crippen molar-refractivity contribution in [1.29, 1.82) is 0 Å². The zero-order valence-corrected chi connectivity index (χ0v) is 7.78. The number of hydrogen-bond acceptors (Lipinski definition) is 3. The van der Waals surface area contributed by atoms with E-state index in [1.54, 1.807) is 13.2 Å². The van der Waals surface area contributed by atoms with Crippen molar-refractivity contribution in [3.05, 3.63) is 41.1 Å². The van der Waals surface area contributed by atoms with E-state index in [2.05, 4.69) is 0 Å². The number of hydroxylamine groups is 2. The summed E-state index contributed by atoms with van der Waals surface area (Å²) < 4.78 is 0. The molecule has 0 unspecified atom stereocenters. The standard InChI is InChI=1S/C9H8ClNO2/c1-11-6-9(12-13-11)7-3-2-4-8(10)5-7/h2-6H,1H3. The Labute approximate surface area is 81.0 Å². The van der Waals surface area contributed by atoms with E-state index >= 15 is 0 Å². The summed E-state index contributed by atoms with van der Waals surface area (Å²) in [6.45, 7) is 0. The van der Waals surface area contributed by atoms with Crippen molar-refractivity contribution in [3.8, 4) is 0 Å². The Morgan fingerprint density at radius 1 is 1.38 bits per heavy atom. The predicted octanol–water partition coefficient (Wildman–Crippen LogP) is 2.45. The first-order valence-corrected chi connectivity index (χ1v) is 4.19. The van der Waals surface area contributed by atoms with Crippen molar-refractivity contribution in [1.82, 2.24) is 5.06 Å². The number of halogens is 1. The minimum atomic E-state index is 0.657. The largest absolute Gasteiger partial charge is 0.312 e. The van der Waals surface area contributed by atoms with Gasteiger partial charge in [0.05, 0.1) is 6.20 Å². The van der Waals surface area contributed by atoms with E-state index in [0.717, 1.165) is 5.56 Å². The molecule has 0 aromatic heterocycles. The molecule has 0 saturated heterocycles. The van der Waals surface area contributed by atoms with Crippen LogP contribution in [-0.2, 0) is 9.88 Å². The fourth-order valence-corrected chi connectivity index (χ4v) is 1.26. The van der Waals surface area contributed by atoms with Gasteiger partial charge < -0.3 is 4.89 Å². The molecule has 1 aromatic carbocycles. The van der Waals surface area contributed by atoms with Crippen LogP contribution in [0.3, 0.4) is 0 Å². The van der Waals surface area contributed by atoms with Crippen LogP contribution in [0.1, 0.15) is 5.56 Å². The summed E-state index contributed by atoms with van der Waals surface area (Å²) in [6.07, 6.45) is 1.74. The van der Waals surface area contributed by atoms with Crippen molar-refractivity contribution < 1.29 is 9.88 Å². The monoisotopic (exact) mass is 197 g/mol. The Morgan fingerprint density at radius 3 is 2.85 bits per heavy atom. The average Bonchev–Trinajstić information content (AvgIpc) is 2.52. The predicted molar refractivity (Wildman–Crippen MR) is 49.4 cm³/mol. The zero-order chi connectivity index (χ0) is 9.26. The van der Waals surface area contributed by atoms with Crippen LogP contribution in [0.2, 0.25) is 5.02 Å². The van der Waals surface area contributed by atoms with Crippen LogP contribution in [0.5, 0.6) is 0 Å². The smallest absolute Gasteiger partial charge is 0.193 e. The van der Waals surface area contributed by atoms with E-state index in [1.807, 2.05) is 24.3 Å². The highest BCUT2D eigenvalue weighted by molar-refractivity contribution is 6.30. The van der Waals surface area contributed by atoms with Crippen LogP contribution in [0.25, 0.3) is 5.76 Å². The average molecular weight is 198 g/mol. The van der Waals surface area contributed by atoms with Gasteiger partial charge in [0.15, 0.2) is 5.76 Å². The van der Waals surface area contributed by atoms with Crippen LogP contribution >= 0.6 is 11.6 Å². The van der Waals surface area contributed by atoms with Gasteiger partial charge in [-0.15, -0.1) is 0 Å². The molecule has 1 aliphatic rings. The molecule has 3 nitrogen and oxygen atoms in total. The number of benzene rings is 1. The van der Waals surface area contributed by atoms with Crippen molar-refractivity contribution in [2.75, 3.05) is 7.05 Å². The topological polar surface area (TPSA) is 21.7 Å². The maximum Gasteiger partial charge on any atom is 0.193 e. The molecule has 13 heavy (non-hydrogen) atoms. The second kappa shape index (κ2) is 3.28. The molecule has 0 atom stereocenters. The molecule has 0 spiro atoms. The van der Waals surface area contributed by atoms with Crippen molar-refractivity contribution in [3.63, 3.8) is 0 Å². The summed E-state index contributed by atoms with van der Waals surface area (Å²) in [5.41, 5.74) is 0.900. The molecule has 0 amide bonds. The highest BCUT2D eigenvalue weighted by Gasteiger charge is 2.13. The molecule has 1 aromatic rings. The van der Waals surface area contributed by atoms with Crippen molar-refractivity contribution >= 4 is 17.4 Å². The SMILES string of the molecule is CN1C=C(c2cccc(Cl)c2)OO1. The Balaban J connectivity index is 2.31. The summed E-state index contributed by atoms with van der Waals surface area (Å²) in [5, 5.41) is 2.16. The third-order valence-corrected chi connectivity index (χ3v) is 1.89. The molecule has 68 valence electrons.